The van der Waals surface area contributed by atoms with Gasteiger partial charge in [-0.3, -0.25) is 4.90 Å². The fourth-order valence-corrected chi connectivity index (χ4v) is 5.07. The van der Waals surface area contributed by atoms with Gasteiger partial charge in [0.1, 0.15) is 0 Å². The number of ether oxygens (including phenoxy) is 4. The van der Waals surface area contributed by atoms with Crippen LogP contribution in [0, 0.1) is 0 Å². The molecule has 1 N–H and O–H groups in total. The molecule has 0 radical (unpaired) electrons. The third-order valence-electron chi connectivity index (χ3n) is 6.61. The third-order valence-corrected chi connectivity index (χ3v) is 6.61. The van der Waals surface area contributed by atoms with Crippen LogP contribution in [0.1, 0.15) is 40.6 Å². The molecule has 34 heavy (non-hydrogen) atoms. The molecule has 1 heterocycles. The van der Waals surface area contributed by atoms with Crippen LogP contribution in [0.2, 0.25) is 0 Å². The minimum atomic E-state index is 0.0257. The van der Waals surface area contributed by atoms with Crippen molar-refractivity contribution >= 4 is 0 Å². The van der Waals surface area contributed by atoms with Crippen molar-refractivity contribution in [3.63, 3.8) is 0 Å². The summed E-state index contributed by atoms with van der Waals surface area (Å²) in [6.07, 6.45) is 0.618. The van der Waals surface area contributed by atoms with Crippen LogP contribution in [0.3, 0.4) is 0 Å². The van der Waals surface area contributed by atoms with E-state index in [1.807, 2.05) is 12.1 Å². The summed E-state index contributed by atoms with van der Waals surface area (Å²) in [6, 6.07) is 20.7. The molecule has 3 aromatic carbocycles. The lowest BCUT2D eigenvalue weighted by molar-refractivity contribution is 0.120. The van der Waals surface area contributed by atoms with Crippen molar-refractivity contribution in [2.45, 2.75) is 31.5 Å². The van der Waals surface area contributed by atoms with Crippen LogP contribution in [0.4, 0.5) is 0 Å². The van der Waals surface area contributed by atoms with Crippen LogP contribution >= 0.6 is 0 Å². The van der Waals surface area contributed by atoms with Gasteiger partial charge < -0.3 is 24.1 Å². The minimum Gasteiger partial charge on any atom is -0.493 e. The number of methoxy groups -OCH3 is 4. The zero-order valence-electron chi connectivity index (χ0n) is 20.3. The molecule has 0 aromatic heterocycles. The maximum Gasteiger partial charge on any atom is 0.161 e. The molecule has 6 nitrogen and oxygen atoms in total. The van der Waals surface area contributed by atoms with Crippen LogP contribution in [-0.2, 0) is 13.1 Å². The summed E-state index contributed by atoms with van der Waals surface area (Å²) in [5, 5.41) is 10.1. The van der Waals surface area contributed by atoms with E-state index in [2.05, 4.69) is 53.4 Å². The van der Waals surface area contributed by atoms with Gasteiger partial charge in [0, 0.05) is 31.7 Å². The number of rotatable bonds is 9. The fraction of sp³-hybridized carbons (Fsp3) is 0.357. The van der Waals surface area contributed by atoms with Gasteiger partial charge in [0.05, 0.1) is 28.4 Å². The highest BCUT2D eigenvalue weighted by molar-refractivity contribution is 5.52. The first-order chi connectivity index (χ1) is 16.6. The van der Waals surface area contributed by atoms with Gasteiger partial charge in [0.15, 0.2) is 23.0 Å². The normalized spacial score (nSPS) is 17.7. The number of benzene rings is 3. The van der Waals surface area contributed by atoms with E-state index in [0.29, 0.717) is 29.4 Å². The highest BCUT2D eigenvalue weighted by Gasteiger charge is 2.37. The van der Waals surface area contributed by atoms with E-state index in [9.17, 15) is 5.11 Å². The molecule has 4 rings (SSSR count). The molecule has 1 aliphatic rings. The molecule has 0 aliphatic carbocycles. The molecule has 0 spiro atoms. The molecule has 0 saturated carbocycles. The molecule has 6 heteroatoms. The second-order valence-electron chi connectivity index (χ2n) is 8.47. The lowest BCUT2D eigenvalue weighted by Crippen LogP contribution is -2.37. The second-order valence-corrected chi connectivity index (χ2v) is 8.47. The van der Waals surface area contributed by atoms with Crippen molar-refractivity contribution in [3.05, 3.63) is 82.9 Å². The minimum absolute atomic E-state index is 0.0257. The Kier molecular flexibility index (Phi) is 7.60. The monoisotopic (exact) mass is 463 g/mol. The van der Waals surface area contributed by atoms with Crippen molar-refractivity contribution in [2.24, 2.45) is 0 Å². The summed E-state index contributed by atoms with van der Waals surface area (Å²) in [4.78, 5) is 2.46. The van der Waals surface area contributed by atoms with Gasteiger partial charge >= 0.3 is 0 Å². The van der Waals surface area contributed by atoms with E-state index in [0.717, 1.165) is 18.7 Å². The average Bonchev–Trinajstić information content (AvgIpc) is 2.88. The summed E-state index contributed by atoms with van der Waals surface area (Å²) in [5.41, 5.74) is 4.71. The molecule has 180 valence electrons. The number of fused-ring (bicyclic) bond motifs is 1. The quantitative estimate of drug-likeness (QED) is 0.485. The molecule has 0 amide bonds. The zero-order chi connectivity index (χ0) is 24.1. The van der Waals surface area contributed by atoms with Gasteiger partial charge in [-0.2, -0.15) is 0 Å². The van der Waals surface area contributed by atoms with Gasteiger partial charge in [0.25, 0.3) is 0 Å². The Morgan fingerprint density at radius 3 is 2.09 bits per heavy atom. The zero-order valence-corrected chi connectivity index (χ0v) is 20.3. The van der Waals surface area contributed by atoms with E-state index < -0.39 is 0 Å². The predicted molar refractivity (Wildman–Crippen MR) is 132 cm³/mol. The Balaban J connectivity index is 1.86. The SMILES string of the molecule is COc1ccc([C@H]2[C@H](CCO)c3cc(OC)c(OC)cc3CN2Cc2ccccc2)cc1OC. The van der Waals surface area contributed by atoms with Gasteiger partial charge in [-0.25, -0.2) is 0 Å². The molecular formula is C28H33NO5. The number of aliphatic hydroxyl groups is 1. The number of hydrogen-bond donors (Lipinski definition) is 1. The highest BCUT2D eigenvalue weighted by atomic mass is 16.5. The standard InChI is InChI=1S/C28H33NO5/c1-31-24-11-10-20(14-25(24)32-2)28-22(12-13-30)23-16-27(34-4)26(33-3)15-21(23)18-29(28)17-19-8-6-5-7-9-19/h5-11,14-16,22,28,30H,12-13,17-18H2,1-4H3/t22-,28+/m1/s1. The van der Waals surface area contributed by atoms with Crippen molar-refractivity contribution < 1.29 is 24.1 Å². The summed E-state index contributed by atoms with van der Waals surface area (Å²) in [6.45, 7) is 1.60. The molecule has 0 fully saturated rings. The van der Waals surface area contributed by atoms with Crippen molar-refractivity contribution in [2.75, 3.05) is 35.0 Å². The van der Waals surface area contributed by atoms with Gasteiger partial charge in [0.2, 0.25) is 0 Å². The van der Waals surface area contributed by atoms with Gasteiger partial charge in [-0.15, -0.1) is 0 Å². The van der Waals surface area contributed by atoms with Crippen molar-refractivity contribution in [3.8, 4) is 23.0 Å². The maximum absolute atomic E-state index is 10.1. The Bertz CT molecular complexity index is 1100. The van der Waals surface area contributed by atoms with Crippen molar-refractivity contribution in [1.82, 2.24) is 4.90 Å². The fourth-order valence-electron chi connectivity index (χ4n) is 5.07. The Morgan fingerprint density at radius 2 is 1.44 bits per heavy atom. The van der Waals surface area contributed by atoms with Gasteiger partial charge in [-0.1, -0.05) is 36.4 Å². The Labute approximate surface area is 201 Å². The first-order valence-electron chi connectivity index (χ1n) is 11.5. The van der Waals surface area contributed by atoms with E-state index in [4.69, 9.17) is 18.9 Å². The molecule has 2 atom stereocenters. The first-order valence-corrected chi connectivity index (χ1v) is 11.5. The lowest BCUT2D eigenvalue weighted by Gasteiger charge is -2.43. The molecule has 1 aliphatic heterocycles. The topological polar surface area (TPSA) is 60.4 Å². The molecule has 0 bridgehead atoms. The van der Waals surface area contributed by atoms with Gasteiger partial charge in [-0.05, 0) is 52.9 Å². The Hall–Kier alpha value is -3.22. The smallest absolute Gasteiger partial charge is 0.161 e. The molecule has 0 saturated heterocycles. The van der Waals surface area contributed by atoms with E-state index in [-0.39, 0.29) is 18.6 Å². The summed E-state index contributed by atoms with van der Waals surface area (Å²) >= 11 is 0. The number of aliphatic hydroxyl groups excluding tert-OH is 1. The predicted octanol–water partition coefficient (Wildman–Crippen LogP) is 4.94. The van der Waals surface area contributed by atoms with Crippen LogP contribution in [0.25, 0.3) is 0 Å². The van der Waals surface area contributed by atoms with Crippen LogP contribution in [0.5, 0.6) is 23.0 Å². The van der Waals surface area contributed by atoms with E-state index in [1.165, 1.54) is 16.7 Å². The summed E-state index contributed by atoms with van der Waals surface area (Å²) in [5.74, 6) is 2.86. The molecular weight excluding hydrogens is 430 g/mol. The molecule has 3 aromatic rings. The Morgan fingerprint density at radius 1 is 0.794 bits per heavy atom. The summed E-state index contributed by atoms with van der Waals surface area (Å²) in [7, 11) is 6.61. The maximum atomic E-state index is 10.1. The van der Waals surface area contributed by atoms with Crippen LogP contribution < -0.4 is 18.9 Å². The largest absolute Gasteiger partial charge is 0.493 e. The summed E-state index contributed by atoms with van der Waals surface area (Å²) < 4.78 is 22.3. The van der Waals surface area contributed by atoms with Crippen LogP contribution in [0.15, 0.2) is 60.7 Å². The van der Waals surface area contributed by atoms with E-state index in [1.54, 1.807) is 28.4 Å². The third kappa shape index (κ3) is 4.69. The first kappa shape index (κ1) is 23.9. The number of nitrogens with zero attached hydrogens (tertiary/aromatic N) is 1. The number of hydrogen-bond acceptors (Lipinski definition) is 6. The van der Waals surface area contributed by atoms with E-state index >= 15 is 0 Å². The lowest BCUT2D eigenvalue weighted by atomic mass is 9.78. The van der Waals surface area contributed by atoms with Crippen molar-refractivity contribution in [1.29, 1.82) is 0 Å². The second kappa shape index (κ2) is 10.8. The highest BCUT2D eigenvalue weighted by Crippen LogP contribution is 2.49. The average molecular weight is 464 g/mol. The molecule has 0 unspecified atom stereocenters. The van der Waals surface area contributed by atoms with Crippen LogP contribution in [-0.4, -0.2) is 45.1 Å².